The van der Waals surface area contributed by atoms with Crippen LogP contribution in [-0.4, -0.2) is 56.4 Å². The molecule has 1 aliphatic heterocycles. The standard InChI is InChI=1S/C26H36N2O5S.H3N/c1-5-7-13-26(6-2)18-34(31,32)23-14-20(16-28(3)17-24(29)30)22(33-4)15-21(23)25(27-26)19-11-9-8-10-12-19;/h8-12,14-15,25,27H,5-7,13,16-18H2,1-4H3,(H,29,30);1H3/t25-,26-;/m1./s1. The lowest BCUT2D eigenvalue weighted by molar-refractivity contribution is -0.138. The van der Waals surface area contributed by atoms with Crippen molar-refractivity contribution in [3.8, 4) is 5.75 Å². The number of fused-ring (bicyclic) bond motifs is 1. The number of ether oxygens (including phenoxy) is 1. The summed E-state index contributed by atoms with van der Waals surface area (Å²) in [5.74, 6) is -0.379. The Bertz CT molecular complexity index is 1110. The highest BCUT2D eigenvalue weighted by molar-refractivity contribution is 7.91. The van der Waals surface area contributed by atoms with E-state index in [0.717, 1.165) is 24.8 Å². The van der Waals surface area contributed by atoms with Crippen LogP contribution in [0.25, 0.3) is 0 Å². The molecule has 9 heteroatoms. The fourth-order valence-corrected chi connectivity index (χ4v) is 6.99. The van der Waals surface area contributed by atoms with Crippen LogP contribution in [0.2, 0.25) is 0 Å². The second-order valence-corrected chi connectivity index (χ2v) is 11.2. The maximum Gasteiger partial charge on any atom is 0.317 e. The number of hydrogen-bond acceptors (Lipinski definition) is 7. The van der Waals surface area contributed by atoms with Crippen molar-refractivity contribution >= 4 is 15.8 Å². The molecule has 1 aliphatic rings. The SMILES string of the molecule is CCCC[C@]1(CC)CS(=O)(=O)c2cc(CN(C)CC(=O)O)c(OC)cc2[C@@H](c2ccccc2)N1.N. The molecule has 0 radical (unpaired) electrons. The van der Waals surface area contributed by atoms with Gasteiger partial charge in [-0.25, -0.2) is 8.42 Å². The molecule has 2 atom stereocenters. The molecule has 0 bridgehead atoms. The van der Waals surface area contributed by atoms with Gasteiger partial charge in [-0.1, -0.05) is 57.0 Å². The quantitative estimate of drug-likeness (QED) is 0.438. The summed E-state index contributed by atoms with van der Waals surface area (Å²) in [6.07, 6.45) is 3.37. The van der Waals surface area contributed by atoms with Crippen molar-refractivity contribution in [2.45, 2.75) is 62.6 Å². The molecule has 5 N–H and O–H groups in total. The van der Waals surface area contributed by atoms with Gasteiger partial charge in [0, 0.05) is 17.6 Å². The Morgan fingerprint density at radius 3 is 2.49 bits per heavy atom. The normalized spacial score (nSPS) is 21.0. The van der Waals surface area contributed by atoms with Crippen molar-refractivity contribution < 1.29 is 23.1 Å². The van der Waals surface area contributed by atoms with Gasteiger partial charge in [0.05, 0.1) is 30.3 Å². The first-order chi connectivity index (χ1) is 16.1. The van der Waals surface area contributed by atoms with E-state index in [2.05, 4.69) is 12.2 Å². The molecule has 0 amide bonds. The van der Waals surface area contributed by atoms with Gasteiger partial charge in [-0.3, -0.25) is 15.0 Å². The van der Waals surface area contributed by atoms with Crippen LogP contribution in [0.15, 0.2) is 47.4 Å². The van der Waals surface area contributed by atoms with Crippen molar-refractivity contribution in [3.05, 3.63) is 59.2 Å². The highest BCUT2D eigenvalue weighted by Gasteiger charge is 2.42. The third-order valence-corrected chi connectivity index (χ3v) is 8.60. The Balaban J connectivity index is 0.00000432. The molecule has 0 saturated carbocycles. The van der Waals surface area contributed by atoms with E-state index in [0.29, 0.717) is 28.2 Å². The third kappa shape index (κ3) is 6.61. The molecule has 0 fully saturated rings. The van der Waals surface area contributed by atoms with E-state index in [4.69, 9.17) is 9.84 Å². The first-order valence-corrected chi connectivity index (χ1v) is 13.5. The van der Waals surface area contributed by atoms with Gasteiger partial charge in [0.15, 0.2) is 9.84 Å². The predicted molar refractivity (Wildman–Crippen MR) is 138 cm³/mol. The molecule has 0 saturated heterocycles. The van der Waals surface area contributed by atoms with E-state index < -0.39 is 21.3 Å². The Kier molecular flexibility index (Phi) is 9.85. The van der Waals surface area contributed by atoms with Crippen LogP contribution < -0.4 is 16.2 Å². The zero-order valence-electron chi connectivity index (χ0n) is 21.2. The summed E-state index contributed by atoms with van der Waals surface area (Å²) < 4.78 is 33.3. The fraction of sp³-hybridized carbons (Fsp3) is 0.500. The Hall–Kier alpha value is -2.46. The maximum atomic E-state index is 13.8. The topological polar surface area (TPSA) is 131 Å². The third-order valence-electron chi connectivity index (χ3n) is 6.64. The van der Waals surface area contributed by atoms with Crippen LogP contribution in [0.5, 0.6) is 5.75 Å². The number of carboxylic acids is 1. The molecular weight excluding hydrogens is 466 g/mol. The van der Waals surface area contributed by atoms with Crippen LogP contribution in [-0.2, 0) is 21.2 Å². The van der Waals surface area contributed by atoms with Gasteiger partial charge >= 0.3 is 5.97 Å². The predicted octanol–water partition coefficient (Wildman–Crippen LogP) is 4.18. The fourth-order valence-electron chi connectivity index (χ4n) is 4.82. The van der Waals surface area contributed by atoms with Crippen LogP contribution in [0.4, 0.5) is 0 Å². The van der Waals surface area contributed by atoms with Gasteiger partial charge in [0.2, 0.25) is 0 Å². The number of benzene rings is 2. The number of likely N-dealkylation sites (N-methyl/N-ethyl adjacent to an activating group) is 1. The molecule has 194 valence electrons. The molecule has 0 aliphatic carbocycles. The Morgan fingerprint density at radius 1 is 1.23 bits per heavy atom. The summed E-state index contributed by atoms with van der Waals surface area (Å²) in [5, 5.41) is 12.9. The molecule has 2 aromatic rings. The van der Waals surface area contributed by atoms with E-state index in [1.54, 1.807) is 25.1 Å². The molecule has 3 rings (SSSR count). The second kappa shape index (κ2) is 12.0. The molecule has 2 aromatic carbocycles. The summed E-state index contributed by atoms with van der Waals surface area (Å²) >= 11 is 0. The summed E-state index contributed by atoms with van der Waals surface area (Å²) in [7, 11) is -0.388. The minimum atomic E-state index is -3.63. The highest BCUT2D eigenvalue weighted by atomic mass is 32.2. The van der Waals surface area contributed by atoms with Crippen molar-refractivity contribution in [2.24, 2.45) is 0 Å². The van der Waals surface area contributed by atoms with Crippen molar-refractivity contribution in [1.29, 1.82) is 0 Å². The number of sulfone groups is 1. The summed E-state index contributed by atoms with van der Waals surface area (Å²) in [6.45, 7) is 4.26. The summed E-state index contributed by atoms with van der Waals surface area (Å²) in [5.41, 5.74) is 1.76. The number of carbonyl (C=O) groups is 1. The Morgan fingerprint density at radius 2 is 1.91 bits per heavy atom. The maximum absolute atomic E-state index is 13.8. The van der Waals surface area contributed by atoms with Crippen molar-refractivity contribution in [2.75, 3.05) is 26.5 Å². The van der Waals surface area contributed by atoms with E-state index in [1.807, 2.05) is 43.3 Å². The summed E-state index contributed by atoms with van der Waals surface area (Å²) in [4.78, 5) is 13.1. The average molecular weight is 506 g/mol. The monoisotopic (exact) mass is 505 g/mol. The van der Waals surface area contributed by atoms with Crippen LogP contribution in [0.3, 0.4) is 0 Å². The number of aliphatic carboxylic acids is 1. The molecule has 1 heterocycles. The first kappa shape index (κ1) is 28.8. The number of rotatable bonds is 10. The van der Waals surface area contributed by atoms with Gasteiger partial charge < -0.3 is 16.0 Å². The summed E-state index contributed by atoms with van der Waals surface area (Å²) in [6, 6.07) is 13.1. The molecule has 35 heavy (non-hydrogen) atoms. The molecule has 8 nitrogen and oxygen atoms in total. The van der Waals surface area contributed by atoms with E-state index in [1.165, 1.54) is 0 Å². The van der Waals surface area contributed by atoms with Gasteiger partial charge in [-0.2, -0.15) is 0 Å². The lowest BCUT2D eigenvalue weighted by Crippen LogP contribution is -2.50. The molecule has 0 aromatic heterocycles. The van der Waals surface area contributed by atoms with Gasteiger partial charge in [-0.15, -0.1) is 0 Å². The number of unbranched alkanes of at least 4 members (excludes halogenated alkanes) is 1. The van der Waals surface area contributed by atoms with Crippen LogP contribution in [0, 0.1) is 0 Å². The minimum absolute atomic E-state index is 0. The smallest absolute Gasteiger partial charge is 0.317 e. The van der Waals surface area contributed by atoms with E-state index in [9.17, 15) is 13.2 Å². The number of nitrogens with zero attached hydrogens (tertiary/aromatic N) is 1. The number of carboxylic acid groups (broad SMARTS) is 1. The second-order valence-electron chi connectivity index (χ2n) is 9.25. The lowest BCUT2D eigenvalue weighted by atomic mass is 9.88. The Labute approximate surface area is 209 Å². The van der Waals surface area contributed by atoms with E-state index >= 15 is 0 Å². The zero-order valence-corrected chi connectivity index (χ0v) is 22.0. The zero-order chi connectivity index (χ0) is 24.9. The van der Waals surface area contributed by atoms with Crippen molar-refractivity contribution in [3.63, 3.8) is 0 Å². The van der Waals surface area contributed by atoms with Gasteiger partial charge in [0.1, 0.15) is 5.75 Å². The number of methoxy groups -OCH3 is 1. The number of nitrogens with one attached hydrogen (secondary N) is 1. The van der Waals surface area contributed by atoms with Crippen LogP contribution in [0.1, 0.15) is 62.3 Å². The molecule has 0 unspecified atom stereocenters. The largest absolute Gasteiger partial charge is 0.496 e. The number of hydrogen-bond donors (Lipinski definition) is 3. The lowest BCUT2D eigenvalue weighted by Gasteiger charge is -2.36. The van der Waals surface area contributed by atoms with Crippen LogP contribution >= 0.6 is 0 Å². The highest BCUT2D eigenvalue weighted by Crippen LogP contribution is 2.41. The minimum Gasteiger partial charge on any atom is -0.496 e. The molecule has 0 spiro atoms. The van der Waals surface area contributed by atoms with E-state index in [-0.39, 0.29) is 31.0 Å². The molecular formula is C26H39N3O5S. The first-order valence-electron chi connectivity index (χ1n) is 11.8. The van der Waals surface area contributed by atoms with Crippen molar-refractivity contribution in [1.82, 2.24) is 16.4 Å². The van der Waals surface area contributed by atoms with Gasteiger partial charge in [0.25, 0.3) is 0 Å². The average Bonchev–Trinajstić information content (AvgIpc) is 2.89. The van der Waals surface area contributed by atoms with Gasteiger partial charge in [-0.05, 0) is 43.1 Å².